The van der Waals surface area contributed by atoms with Crippen molar-refractivity contribution in [2.45, 2.75) is 6.04 Å². The molecular weight excluding hydrogens is 364 g/mol. The van der Waals surface area contributed by atoms with Gasteiger partial charge < -0.3 is 14.0 Å². The van der Waals surface area contributed by atoms with Gasteiger partial charge in [-0.1, -0.05) is 36.4 Å². The van der Waals surface area contributed by atoms with Gasteiger partial charge in [-0.05, 0) is 24.3 Å². The number of hydrogen-bond donors (Lipinski definition) is 0. The SMILES string of the molecule is COC[C@H](c1ccccn1)N(C)C(=O)c1ccc2nc(-c3ccccc3)cn2c1. The summed E-state index contributed by atoms with van der Waals surface area (Å²) in [6, 6.07) is 19.0. The molecule has 3 aromatic heterocycles. The van der Waals surface area contributed by atoms with Gasteiger partial charge in [0, 0.05) is 38.3 Å². The van der Waals surface area contributed by atoms with E-state index in [0.29, 0.717) is 12.2 Å². The third-order valence-corrected chi connectivity index (χ3v) is 4.91. The van der Waals surface area contributed by atoms with Gasteiger partial charge in [0.2, 0.25) is 0 Å². The van der Waals surface area contributed by atoms with E-state index < -0.39 is 0 Å². The zero-order valence-corrected chi connectivity index (χ0v) is 16.4. The molecule has 0 spiro atoms. The normalized spacial score (nSPS) is 12.1. The molecule has 0 saturated carbocycles. The van der Waals surface area contributed by atoms with E-state index in [4.69, 9.17) is 4.74 Å². The van der Waals surface area contributed by atoms with Crippen LogP contribution in [0.4, 0.5) is 0 Å². The van der Waals surface area contributed by atoms with E-state index in [1.54, 1.807) is 31.3 Å². The Bertz CT molecular complexity index is 1110. The molecule has 1 aromatic carbocycles. The van der Waals surface area contributed by atoms with Crippen molar-refractivity contribution < 1.29 is 9.53 Å². The average Bonchev–Trinajstić information content (AvgIpc) is 3.21. The van der Waals surface area contributed by atoms with Gasteiger partial charge in [0.05, 0.1) is 29.6 Å². The summed E-state index contributed by atoms with van der Waals surface area (Å²) in [5.74, 6) is -0.102. The standard InChI is InChI=1S/C23H22N4O2/c1-26(21(16-29-2)19-10-6-7-13-24-19)23(28)18-11-12-22-25-20(15-27(22)14-18)17-8-4-3-5-9-17/h3-15,21H,16H2,1-2H3/t21-/m1/s1. The molecule has 0 unspecified atom stereocenters. The van der Waals surface area contributed by atoms with Gasteiger partial charge in [-0.3, -0.25) is 9.78 Å². The van der Waals surface area contributed by atoms with E-state index in [-0.39, 0.29) is 11.9 Å². The molecule has 4 rings (SSSR count). The summed E-state index contributed by atoms with van der Waals surface area (Å²) in [5, 5.41) is 0. The summed E-state index contributed by atoms with van der Waals surface area (Å²) in [6.45, 7) is 0.366. The van der Waals surface area contributed by atoms with E-state index >= 15 is 0 Å². The van der Waals surface area contributed by atoms with Crippen LogP contribution in [0.2, 0.25) is 0 Å². The Hall–Kier alpha value is -3.51. The number of nitrogens with zero attached hydrogens (tertiary/aromatic N) is 4. The number of ether oxygens (including phenoxy) is 1. The zero-order chi connectivity index (χ0) is 20.2. The predicted molar refractivity (Wildman–Crippen MR) is 112 cm³/mol. The molecule has 0 aliphatic heterocycles. The molecule has 0 N–H and O–H groups in total. The quantitative estimate of drug-likeness (QED) is 0.505. The Morgan fingerprint density at radius 3 is 2.59 bits per heavy atom. The van der Waals surface area contributed by atoms with Crippen LogP contribution in [0.5, 0.6) is 0 Å². The minimum Gasteiger partial charge on any atom is -0.382 e. The van der Waals surface area contributed by atoms with Crippen molar-refractivity contribution in [1.29, 1.82) is 0 Å². The molecule has 0 bridgehead atoms. The molecule has 1 atom stereocenters. The molecule has 146 valence electrons. The van der Waals surface area contributed by atoms with Crippen LogP contribution in [0.3, 0.4) is 0 Å². The highest BCUT2D eigenvalue weighted by Crippen LogP contribution is 2.22. The number of carbonyl (C=O) groups is 1. The number of hydrogen-bond acceptors (Lipinski definition) is 4. The number of pyridine rings is 2. The Balaban J connectivity index is 1.63. The first-order valence-corrected chi connectivity index (χ1v) is 9.38. The maximum atomic E-state index is 13.2. The Morgan fingerprint density at radius 1 is 1.07 bits per heavy atom. The fraction of sp³-hybridized carbons (Fsp3) is 0.174. The van der Waals surface area contributed by atoms with Crippen LogP contribution in [-0.4, -0.2) is 45.9 Å². The number of imidazole rings is 1. The van der Waals surface area contributed by atoms with Crippen molar-refractivity contribution in [3.63, 3.8) is 0 Å². The van der Waals surface area contributed by atoms with Gasteiger partial charge in [0.25, 0.3) is 5.91 Å². The van der Waals surface area contributed by atoms with Crippen LogP contribution in [0.1, 0.15) is 22.1 Å². The monoisotopic (exact) mass is 386 g/mol. The van der Waals surface area contributed by atoms with Gasteiger partial charge in [-0.25, -0.2) is 4.98 Å². The highest BCUT2D eigenvalue weighted by molar-refractivity contribution is 5.94. The van der Waals surface area contributed by atoms with E-state index in [0.717, 1.165) is 22.6 Å². The molecule has 29 heavy (non-hydrogen) atoms. The number of aromatic nitrogens is 3. The van der Waals surface area contributed by atoms with Crippen molar-refractivity contribution >= 4 is 11.6 Å². The second-order valence-electron chi connectivity index (χ2n) is 6.82. The molecule has 3 heterocycles. The average molecular weight is 386 g/mol. The number of fused-ring (bicyclic) bond motifs is 1. The fourth-order valence-electron chi connectivity index (χ4n) is 3.34. The van der Waals surface area contributed by atoms with Gasteiger partial charge >= 0.3 is 0 Å². The number of methoxy groups -OCH3 is 1. The van der Waals surface area contributed by atoms with Crippen molar-refractivity contribution in [3.8, 4) is 11.3 Å². The van der Waals surface area contributed by atoms with Crippen molar-refractivity contribution in [2.75, 3.05) is 20.8 Å². The van der Waals surface area contributed by atoms with Gasteiger partial charge in [0.1, 0.15) is 5.65 Å². The number of likely N-dealkylation sites (N-methyl/N-ethyl adjacent to an activating group) is 1. The van der Waals surface area contributed by atoms with Crippen LogP contribution in [0.25, 0.3) is 16.9 Å². The summed E-state index contributed by atoms with van der Waals surface area (Å²) in [5.41, 5.74) is 4.07. The predicted octanol–water partition coefficient (Wildman–Crippen LogP) is 3.86. The van der Waals surface area contributed by atoms with Crippen molar-refractivity contribution in [2.24, 2.45) is 0 Å². The van der Waals surface area contributed by atoms with E-state index in [1.165, 1.54) is 0 Å². The van der Waals surface area contributed by atoms with E-state index in [2.05, 4.69) is 9.97 Å². The highest BCUT2D eigenvalue weighted by Gasteiger charge is 2.24. The maximum Gasteiger partial charge on any atom is 0.255 e. The first kappa shape index (κ1) is 18.8. The lowest BCUT2D eigenvalue weighted by molar-refractivity contribution is 0.0594. The smallest absolute Gasteiger partial charge is 0.255 e. The van der Waals surface area contributed by atoms with Crippen molar-refractivity contribution in [3.05, 3.63) is 90.5 Å². The molecule has 0 saturated heterocycles. The van der Waals surface area contributed by atoms with Crippen LogP contribution in [-0.2, 0) is 4.74 Å². The molecule has 6 nitrogen and oxygen atoms in total. The lowest BCUT2D eigenvalue weighted by atomic mass is 10.1. The summed E-state index contributed by atoms with van der Waals surface area (Å²) in [4.78, 5) is 23.9. The molecule has 4 aromatic rings. The third-order valence-electron chi connectivity index (χ3n) is 4.91. The number of benzene rings is 1. The van der Waals surface area contributed by atoms with Crippen LogP contribution >= 0.6 is 0 Å². The van der Waals surface area contributed by atoms with Gasteiger partial charge in [-0.15, -0.1) is 0 Å². The van der Waals surface area contributed by atoms with Crippen molar-refractivity contribution in [1.82, 2.24) is 19.3 Å². The topological polar surface area (TPSA) is 59.7 Å². The molecule has 0 aliphatic carbocycles. The minimum atomic E-state index is -0.271. The lowest BCUT2D eigenvalue weighted by Crippen LogP contribution is -2.34. The van der Waals surface area contributed by atoms with Gasteiger partial charge in [-0.2, -0.15) is 0 Å². The summed E-state index contributed by atoms with van der Waals surface area (Å²) >= 11 is 0. The number of rotatable bonds is 6. The fourth-order valence-corrected chi connectivity index (χ4v) is 3.34. The second-order valence-corrected chi connectivity index (χ2v) is 6.82. The van der Waals surface area contributed by atoms with Gasteiger partial charge in [0.15, 0.2) is 0 Å². The number of amides is 1. The molecule has 0 aliphatic rings. The molecule has 0 fully saturated rings. The number of carbonyl (C=O) groups excluding carboxylic acids is 1. The van der Waals surface area contributed by atoms with Crippen LogP contribution < -0.4 is 0 Å². The largest absolute Gasteiger partial charge is 0.382 e. The summed E-state index contributed by atoms with van der Waals surface area (Å²) in [6.07, 6.45) is 5.47. The lowest BCUT2D eigenvalue weighted by Gasteiger charge is -2.27. The third kappa shape index (κ3) is 3.88. The second kappa shape index (κ2) is 8.24. The Labute approximate surface area is 169 Å². The molecular formula is C23H22N4O2. The Kier molecular flexibility index (Phi) is 5.35. The summed E-state index contributed by atoms with van der Waals surface area (Å²) in [7, 11) is 3.39. The van der Waals surface area contributed by atoms with E-state index in [1.807, 2.05) is 71.4 Å². The maximum absolute atomic E-state index is 13.2. The van der Waals surface area contributed by atoms with E-state index in [9.17, 15) is 4.79 Å². The van der Waals surface area contributed by atoms with Crippen LogP contribution in [0, 0.1) is 0 Å². The first-order chi connectivity index (χ1) is 14.2. The molecule has 6 heteroatoms. The highest BCUT2D eigenvalue weighted by atomic mass is 16.5. The zero-order valence-electron chi connectivity index (χ0n) is 16.4. The molecule has 1 amide bonds. The van der Waals surface area contributed by atoms with Crippen LogP contribution in [0.15, 0.2) is 79.3 Å². The minimum absolute atomic E-state index is 0.102. The summed E-state index contributed by atoms with van der Waals surface area (Å²) < 4.78 is 7.22. The molecule has 0 radical (unpaired) electrons. The first-order valence-electron chi connectivity index (χ1n) is 9.38. The Morgan fingerprint density at radius 2 is 1.86 bits per heavy atom.